The minimum absolute atomic E-state index is 0.0144. The number of rotatable bonds is 9. The van der Waals surface area contributed by atoms with Crippen LogP contribution in [0.3, 0.4) is 0 Å². The Balaban J connectivity index is 1.65. The predicted molar refractivity (Wildman–Crippen MR) is 129 cm³/mol. The summed E-state index contributed by atoms with van der Waals surface area (Å²) in [5.41, 5.74) is 0.0530. The number of nitro groups is 1. The van der Waals surface area contributed by atoms with Gasteiger partial charge >= 0.3 is 0 Å². The molecule has 11 heteroatoms. The van der Waals surface area contributed by atoms with Crippen LogP contribution >= 0.6 is 11.8 Å². The van der Waals surface area contributed by atoms with Gasteiger partial charge in [0.05, 0.1) is 16.7 Å². The van der Waals surface area contributed by atoms with Gasteiger partial charge in [-0.05, 0) is 30.7 Å². The van der Waals surface area contributed by atoms with Gasteiger partial charge in [0.2, 0.25) is 5.91 Å². The monoisotopic (exact) mass is 488 g/mol. The van der Waals surface area contributed by atoms with E-state index in [0.717, 1.165) is 19.3 Å². The van der Waals surface area contributed by atoms with Gasteiger partial charge in [-0.1, -0.05) is 51.4 Å². The molecule has 3 atom stereocenters. The van der Waals surface area contributed by atoms with Gasteiger partial charge in [-0.15, -0.1) is 10.2 Å². The number of benzene rings is 1. The number of nitrogens with zero attached hydrogens (tertiary/aromatic N) is 4. The summed E-state index contributed by atoms with van der Waals surface area (Å²) in [6, 6.07) is 5.36. The highest BCUT2D eigenvalue weighted by Crippen LogP contribution is 2.26. The molecule has 2 N–H and O–H groups in total. The molecule has 2 amide bonds. The fourth-order valence-electron chi connectivity index (χ4n) is 4.15. The highest BCUT2D eigenvalue weighted by molar-refractivity contribution is 7.99. The Morgan fingerprint density at radius 3 is 2.68 bits per heavy atom. The zero-order valence-corrected chi connectivity index (χ0v) is 20.8. The van der Waals surface area contributed by atoms with Crippen molar-refractivity contribution in [2.24, 2.45) is 18.9 Å². The molecule has 0 aliphatic heterocycles. The molecular weight excluding hydrogens is 456 g/mol. The number of aromatic nitrogens is 3. The van der Waals surface area contributed by atoms with E-state index in [1.165, 1.54) is 42.4 Å². The summed E-state index contributed by atoms with van der Waals surface area (Å²) < 4.78 is 1.78. The van der Waals surface area contributed by atoms with E-state index >= 15 is 0 Å². The first kappa shape index (κ1) is 25.7. The highest BCUT2D eigenvalue weighted by atomic mass is 32.2. The summed E-state index contributed by atoms with van der Waals surface area (Å²) in [4.78, 5) is 35.8. The lowest BCUT2D eigenvalue weighted by molar-refractivity contribution is -0.384. The Kier molecular flexibility index (Phi) is 8.65. The Labute approximate surface area is 203 Å². The van der Waals surface area contributed by atoms with Crippen molar-refractivity contribution in [2.75, 3.05) is 5.75 Å². The lowest BCUT2D eigenvalue weighted by Crippen LogP contribution is -2.41. The molecule has 1 aliphatic carbocycles. The van der Waals surface area contributed by atoms with Crippen LogP contribution in [0.25, 0.3) is 0 Å². The minimum atomic E-state index is -0.534. The normalized spacial score (nSPS) is 19.0. The van der Waals surface area contributed by atoms with Crippen molar-refractivity contribution >= 4 is 29.3 Å². The molecular formula is C23H32N6O4S. The topological polar surface area (TPSA) is 132 Å². The van der Waals surface area contributed by atoms with Crippen LogP contribution in [0.1, 0.15) is 68.7 Å². The van der Waals surface area contributed by atoms with Gasteiger partial charge in [0.1, 0.15) is 0 Å². The number of hydrogen-bond donors (Lipinski definition) is 2. The molecule has 1 aromatic carbocycles. The zero-order valence-electron chi connectivity index (χ0n) is 20.0. The van der Waals surface area contributed by atoms with Crippen LogP contribution in [0.2, 0.25) is 0 Å². The van der Waals surface area contributed by atoms with Crippen molar-refractivity contribution in [2.45, 2.75) is 63.7 Å². The van der Waals surface area contributed by atoms with Crippen molar-refractivity contribution < 1.29 is 14.5 Å². The van der Waals surface area contributed by atoms with Crippen molar-refractivity contribution in [3.05, 3.63) is 45.8 Å². The fourth-order valence-corrected chi connectivity index (χ4v) is 4.88. The summed E-state index contributed by atoms with van der Waals surface area (Å²) in [6.07, 6.45) is 4.53. The van der Waals surface area contributed by atoms with E-state index in [0.29, 0.717) is 16.9 Å². The molecule has 1 aromatic heterocycles. The summed E-state index contributed by atoms with van der Waals surface area (Å²) in [5.74, 6) is 0.817. The maximum atomic E-state index is 12.8. The second-order valence-electron chi connectivity index (χ2n) is 9.13. The largest absolute Gasteiger partial charge is 0.352 e. The summed E-state index contributed by atoms with van der Waals surface area (Å²) in [6.45, 7) is 6.07. The molecule has 1 heterocycles. The molecule has 1 fully saturated rings. The Bertz CT molecular complexity index is 1040. The summed E-state index contributed by atoms with van der Waals surface area (Å²) >= 11 is 1.30. The summed E-state index contributed by atoms with van der Waals surface area (Å²) in [5, 5.41) is 26.2. The third-order valence-electron chi connectivity index (χ3n) is 6.21. The molecule has 3 rings (SSSR count). The Hall–Kier alpha value is -2.95. The Morgan fingerprint density at radius 2 is 2.00 bits per heavy atom. The number of nitro benzene ring substituents is 1. The van der Waals surface area contributed by atoms with Crippen LogP contribution in [-0.4, -0.2) is 43.3 Å². The number of carbonyl (C=O) groups is 2. The van der Waals surface area contributed by atoms with Gasteiger partial charge in [-0.2, -0.15) is 0 Å². The van der Waals surface area contributed by atoms with Gasteiger partial charge in [0.15, 0.2) is 11.0 Å². The quantitative estimate of drug-likeness (QED) is 0.313. The highest BCUT2D eigenvalue weighted by Gasteiger charge is 2.27. The second-order valence-corrected chi connectivity index (χ2v) is 10.1. The maximum Gasteiger partial charge on any atom is 0.270 e. The first-order valence-electron chi connectivity index (χ1n) is 11.5. The molecule has 0 saturated heterocycles. The van der Waals surface area contributed by atoms with E-state index < -0.39 is 16.9 Å². The molecule has 0 bridgehead atoms. The fraction of sp³-hybridized carbons (Fsp3) is 0.565. The van der Waals surface area contributed by atoms with Crippen LogP contribution < -0.4 is 10.6 Å². The lowest BCUT2D eigenvalue weighted by Gasteiger charge is -2.29. The average Bonchev–Trinajstić information content (AvgIpc) is 3.17. The third kappa shape index (κ3) is 6.34. The predicted octanol–water partition coefficient (Wildman–Crippen LogP) is 3.64. The third-order valence-corrected chi connectivity index (χ3v) is 7.23. The van der Waals surface area contributed by atoms with Gasteiger partial charge in [-0.3, -0.25) is 19.7 Å². The molecule has 1 saturated carbocycles. The van der Waals surface area contributed by atoms with E-state index in [-0.39, 0.29) is 34.9 Å². The van der Waals surface area contributed by atoms with Crippen LogP contribution in [0.15, 0.2) is 29.4 Å². The zero-order chi connectivity index (χ0) is 24.8. The minimum Gasteiger partial charge on any atom is -0.352 e. The molecule has 1 aliphatic rings. The van der Waals surface area contributed by atoms with Crippen molar-refractivity contribution in [3.63, 3.8) is 0 Å². The van der Waals surface area contributed by atoms with Gasteiger partial charge in [0, 0.05) is 30.8 Å². The van der Waals surface area contributed by atoms with E-state index in [2.05, 4.69) is 27.8 Å². The molecule has 184 valence electrons. The van der Waals surface area contributed by atoms with E-state index in [1.807, 2.05) is 13.8 Å². The average molecular weight is 489 g/mol. The molecule has 34 heavy (non-hydrogen) atoms. The Morgan fingerprint density at radius 1 is 1.26 bits per heavy atom. The molecule has 10 nitrogen and oxygen atoms in total. The molecule has 2 aromatic rings. The van der Waals surface area contributed by atoms with Gasteiger partial charge in [-0.25, -0.2) is 0 Å². The summed E-state index contributed by atoms with van der Waals surface area (Å²) in [7, 11) is 1.80. The van der Waals surface area contributed by atoms with Crippen molar-refractivity contribution in [1.29, 1.82) is 0 Å². The van der Waals surface area contributed by atoms with Crippen LogP contribution in [0, 0.1) is 22.0 Å². The van der Waals surface area contributed by atoms with Crippen LogP contribution in [0.4, 0.5) is 5.69 Å². The van der Waals surface area contributed by atoms with Gasteiger partial charge < -0.3 is 15.2 Å². The number of nitrogens with one attached hydrogen (secondary N) is 2. The lowest BCUT2D eigenvalue weighted by atomic mass is 9.86. The number of amides is 2. The standard InChI is InChI=1S/C23H32N6O4S/c1-14(2)20(25-22(31)16-9-7-10-17(12-16)29(32)33)21-26-27-23(28(21)4)34-13-19(30)24-18-11-6-5-8-15(18)3/h7,9-10,12,14-15,18,20H,5-6,8,11,13H2,1-4H3,(H,24,30)(H,25,31)/t15-,18-,20-/m0/s1. The maximum absolute atomic E-state index is 12.8. The van der Waals surface area contributed by atoms with Crippen LogP contribution in [-0.2, 0) is 11.8 Å². The van der Waals surface area contributed by atoms with Crippen molar-refractivity contribution in [1.82, 2.24) is 25.4 Å². The molecule has 0 radical (unpaired) electrons. The number of non-ortho nitro benzene ring substituents is 1. The van der Waals surface area contributed by atoms with Gasteiger partial charge in [0.25, 0.3) is 11.6 Å². The molecule has 0 unspecified atom stereocenters. The van der Waals surface area contributed by atoms with Crippen molar-refractivity contribution in [3.8, 4) is 0 Å². The number of carbonyl (C=O) groups excluding carboxylic acids is 2. The molecule has 0 spiro atoms. The van der Waals surface area contributed by atoms with E-state index in [1.54, 1.807) is 11.6 Å². The van der Waals surface area contributed by atoms with E-state index in [9.17, 15) is 19.7 Å². The van der Waals surface area contributed by atoms with E-state index in [4.69, 9.17) is 0 Å². The smallest absolute Gasteiger partial charge is 0.270 e. The first-order chi connectivity index (χ1) is 16.2. The van der Waals surface area contributed by atoms with Crippen LogP contribution in [0.5, 0.6) is 0 Å². The second kappa shape index (κ2) is 11.5. The number of thioether (sulfide) groups is 1. The first-order valence-corrected chi connectivity index (χ1v) is 12.5. The SMILES string of the molecule is CC(C)[C@H](NC(=O)c1cccc([N+](=O)[O-])c1)c1nnc(SCC(=O)N[C@H]2CCCC[C@@H]2C)n1C. The number of hydrogen-bond acceptors (Lipinski definition) is 7.